The first kappa shape index (κ1) is 13.3. The topological polar surface area (TPSA) is 41.6 Å². The highest BCUT2D eigenvalue weighted by Crippen LogP contribution is 2.33. The van der Waals surface area contributed by atoms with Crippen molar-refractivity contribution in [3.8, 4) is 16.8 Å². The molecule has 2 aromatic heterocycles. The van der Waals surface area contributed by atoms with Gasteiger partial charge in [0, 0.05) is 6.54 Å². The second kappa shape index (κ2) is 5.39. The first-order valence-corrected chi connectivity index (χ1v) is 8.00. The van der Waals surface area contributed by atoms with Crippen LogP contribution >= 0.6 is 27.3 Å². The van der Waals surface area contributed by atoms with Gasteiger partial charge in [0.25, 0.3) is 0 Å². The van der Waals surface area contributed by atoms with Gasteiger partial charge in [0.1, 0.15) is 0 Å². The van der Waals surface area contributed by atoms with Gasteiger partial charge >= 0.3 is 0 Å². The maximum Gasteiger partial charge on any atom is 0.151 e. The van der Waals surface area contributed by atoms with Gasteiger partial charge in [-0.2, -0.15) is 5.26 Å². The average Bonchev–Trinajstić information content (AvgIpc) is 3.03. The largest absolute Gasteiger partial charge is 0.323 e. The molecule has 0 amide bonds. The second-order valence-corrected chi connectivity index (χ2v) is 6.97. The van der Waals surface area contributed by atoms with Crippen LogP contribution in [0.4, 0.5) is 0 Å². The summed E-state index contributed by atoms with van der Waals surface area (Å²) in [6.07, 6.45) is 1.05. The minimum Gasteiger partial charge on any atom is -0.323 e. The highest BCUT2D eigenvalue weighted by atomic mass is 79.9. The molecular weight excluding hydrogens is 334 g/mol. The molecule has 1 aromatic carbocycles. The number of fused-ring (bicyclic) bond motifs is 1. The van der Waals surface area contributed by atoms with Crippen molar-refractivity contribution in [1.82, 2.24) is 9.55 Å². The monoisotopic (exact) mass is 345 g/mol. The molecule has 0 unspecified atom stereocenters. The normalized spacial score (nSPS) is 10.8. The van der Waals surface area contributed by atoms with E-state index in [2.05, 4.69) is 39.6 Å². The van der Waals surface area contributed by atoms with Gasteiger partial charge in [-0.05, 0) is 52.7 Å². The zero-order valence-corrected chi connectivity index (χ0v) is 13.3. The van der Waals surface area contributed by atoms with Crippen molar-refractivity contribution in [3.05, 3.63) is 39.7 Å². The highest BCUT2D eigenvalue weighted by Gasteiger charge is 2.14. The number of nitriles is 1. The number of aromatic nitrogens is 2. The number of rotatable bonds is 3. The van der Waals surface area contributed by atoms with Crippen LogP contribution in [0.5, 0.6) is 0 Å². The smallest absolute Gasteiger partial charge is 0.151 e. The molecule has 2 heterocycles. The Balaban J connectivity index is 2.25. The van der Waals surface area contributed by atoms with Gasteiger partial charge in [-0.25, -0.2) is 4.98 Å². The summed E-state index contributed by atoms with van der Waals surface area (Å²) in [5, 5.41) is 9.01. The van der Waals surface area contributed by atoms with E-state index < -0.39 is 0 Å². The number of thiophene rings is 1. The first-order valence-electron chi connectivity index (χ1n) is 6.39. The molecule has 0 N–H and O–H groups in total. The lowest BCUT2D eigenvalue weighted by Gasteiger charge is -2.05. The fourth-order valence-electron chi connectivity index (χ4n) is 2.27. The summed E-state index contributed by atoms with van der Waals surface area (Å²) in [5.41, 5.74) is 2.62. The van der Waals surface area contributed by atoms with Gasteiger partial charge in [-0.3, -0.25) is 0 Å². The van der Waals surface area contributed by atoms with Gasteiger partial charge in [0.2, 0.25) is 0 Å². The van der Waals surface area contributed by atoms with Crippen LogP contribution < -0.4 is 0 Å². The first-order chi connectivity index (χ1) is 9.72. The Hall–Kier alpha value is -1.64. The van der Waals surface area contributed by atoms with Crippen molar-refractivity contribution in [2.75, 3.05) is 0 Å². The zero-order valence-electron chi connectivity index (χ0n) is 10.9. The van der Waals surface area contributed by atoms with Crippen molar-refractivity contribution in [1.29, 1.82) is 5.26 Å². The van der Waals surface area contributed by atoms with Crippen molar-refractivity contribution in [2.45, 2.75) is 19.9 Å². The Bertz CT molecular complexity index is 810. The fourth-order valence-corrected chi connectivity index (χ4v) is 3.66. The van der Waals surface area contributed by atoms with E-state index in [0.29, 0.717) is 5.56 Å². The molecule has 100 valence electrons. The number of benzene rings is 1. The molecule has 0 atom stereocenters. The molecule has 5 heteroatoms. The summed E-state index contributed by atoms with van der Waals surface area (Å²) < 4.78 is 3.33. The maximum atomic E-state index is 9.01. The van der Waals surface area contributed by atoms with Crippen LogP contribution in [0, 0.1) is 11.3 Å². The van der Waals surface area contributed by atoms with E-state index in [1.807, 2.05) is 24.3 Å². The summed E-state index contributed by atoms with van der Waals surface area (Å²) in [7, 11) is 0. The van der Waals surface area contributed by atoms with Gasteiger partial charge < -0.3 is 4.57 Å². The van der Waals surface area contributed by atoms with Crippen LogP contribution in [0.15, 0.2) is 34.1 Å². The summed E-state index contributed by atoms with van der Waals surface area (Å²) >= 11 is 5.17. The number of nitrogens with zero attached hydrogens (tertiary/aromatic N) is 3. The van der Waals surface area contributed by atoms with E-state index in [4.69, 9.17) is 10.2 Å². The minimum absolute atomic E-state index is 0.651. The van der Waals surface area contributed by atoms with Gasteiger partial charge in [0.15, 0.2) is 5.82 Å². The Morgan fingerprint density at radius 3 is 2.85 bits per heavy atom. The van der Waals surface area contributed by atoms with Crippen molar-refractivity contribution < 1.29 is 0 Å². The molecule has 0 fully saturated rings. The maximum absolute atomic E-state index is 9.01. The summed E-state index contributed by atoms with van der Waals surface area (Å²) in [5.74, 6) is 0.979. The van der Waals surface area contributed by atoms with E-state index in [1.165, 1.54) is 0 Å². The predicted molar refractivity (Wildman–Crippen MR) is 85.8 cm³/mol. The quantitative estimate of drug-likeness (QED) is 0.683. The molecule has 0 spiro atoms. The molecule has 0 saturated carbocycles. The van der Waals surface area contributed by atoms with Crippen molar-refractivity contribution >= 4 is 38.3 Å². The second-order valence-electron chi connectivity index (χ2n) is 4.51. The SMILES string of the molecule is CCCn1c(-c2ccc(Br)s2)nc2cc(C#N)ccc21. The Morgan fingerprint density at radius 1 is 1.35 bits per heavy atom. The van der Waals surface area contributed by atoms with E-state index in [-0.39, 0.29) is 0 Å². The number of halogens is 1. The Labute approximate surface area is 129 Å². The molecule has 0 radical (unpaired) electrons. The molecule has 3 nitrogen and oxygen atoms in total. The molecule has 20 heavy (non-hydrogen) atoms. The van der Waals surface area contributed by atoms with Crippen LogP contribution in [0.3, 0.4) is 0 Å². The van der Waals surface area contributed by atoms with Crippen LogP contribution in [-0.4, -0.2) is 9.55 Å². The molecular formula is C15H12BrN3S. The van der Waals surface area contributed by atoms with Crippen molar-refractivity contribution in [2.24, 2.45) is 0 Å². The van der Waals surface area contributed by atoms with E-state index in [0.717, 1.165) is 38.5 Å². The third-order valence-electron chi connectivity index (χ3n) is 3.12. The zero-order chi connectivity index (χ0) is 14.1. The lowest BCUT2D eigenvalue weighted by Crippen LogP contribution is -1.98. The molecule has 3 rings (SSSR count). The van der Waals surface area contributed by atoms with Crippen molar-refractivity contribution in [3.63, 3.8) is 0 Å². The summed E-state index contributed by atoms with van der Waals surface area (Å²) in [6, 6.07) is 12.0. The number of imidazole rings is 1. The van der Waals surface area contributed by atoms with Crippen LogP contribution in [0.1, 0.15) is 18.9 Å². The Kier molecular flexibility index (Phi) is 3.60. The van der Waals surface area contributed by atoms with Crippen LogP contribution in [0.25, 0.3) is 21.7 Å². The van der Waals surface area contributed by atoms with E-state index in [1.54, 1.807) is 11.3 Å². The molecule has 0 aliphatic heterocycles. The summed E-state index contributed by atoms with van der Waals surface area (Å²) in [4.78, 5) is 5.86. The fraction of sp³-hybridized carbons (Fsp3) is 0.200. The standard InChI is InChI=1S/C15H12BrN3S/c1-2-7-19-12-4-3-10(9-17)8-11(12)18-15(19)13-5-6-14(16)20-13/h3-6,8H,2,7H2,1H3. The molecule has 0 aliphatic carbocycles. The highest BCUT2D eigenvalue weighted by molar-refractivity contribution is 9.11. The molecule has 3 aromatic rings. The lowest BCUT2D eigenvalue weighted by atomic mass is 10.2. The van der Waals surface area contributed by atoms with Gasteiger partial charge in [0.05, 0.1) is 31.3 Å². The predicted octanol–water partition coefficient (Wildman–Crippen LogP) is 4.81. The number of hydrogen-bond acceptors (Lipinski definition) is 3. The molecule has 0 bridgehead atoms. The van der Waals surface area contributed by atoms with Gasteiger partial charge in [-0.15, -0.1) is 11.3 Å². The lowest BCUT2D eigenvalue weighted by molar-refractivity contribution is 0.705. The summed E-state index contributed by atoms with van der Waals surface area (Å²) in [6.45, 7) is 3.08. The number of aryl methyl sites for hydroxylation is 1. The van der Waals surface area contributed by atoms with Gasteiger partial charge in [-0.1, -0.05) is 6.92 Å². The van der Waals surface area contributed by atoms with Crippen LogP contribution in [-0.2, 0) is 6.54 Å². The Morgan fingerprint density at radius 2 is 2.20 bits per heavy atom. The minimum atomic E-state index is 0.651. The van der Waals surface area contributed by atoms with E-state index >= 15 is 0 Å². The third-order valence-corrected chi connectivity index (χ3v) is 4.74. The van der Waals surface area contributed by atoms with Crippen LogP contribution in [0.2, 0.25) is 0 Å². The average molecular weight is 346 g/mol. The molecule has 0 aliphatic rings. The number of hydrogen-bond donors (Lipinski definition) is 0. The third kappa shape index (κ3) is 2.26. The van der Waals surface area contributed by atoms with E-state index in [9.17, 15) is 0 Å². The molecule has 0 saturated heterocycles.